The van der Waals surface area contributed by atoms with Crippen LogP contribution < -0.4 is 10.2 Å². The van der Waals surface area contributed by atoms with Crippen LogP contribution in [0.5, 0.6) is 0 Å². The van der Waals surface area contributed by atoms with Gasteiger partial charge in [-0.1, -0.05) is 6.07 Å². The number of ether oxygens (including phenoxy) is 1. The van der Waals surface area contributed by atoms with Gasteiger partial charge in [0.2, 0.25) is 5.95 Å². The molecule has 0 aliphatic carbocycles. The Bertz CT molecular complexity index is 972. The van der Waals surface area contributed by atoms with E-state index >= 15 is 0 Å². The van der Waals surface area contributed by atoms with E-state index < -0.39 is 0 Å². The smallest absolute Gasteiger partial charge is 0.229 e. The lowest BCUT2D eigenvalue weighted by Crippen LogP contribution is -2.46. The average Bonchev–Trinajstić information content (AvgIpc) is 2.99. The minimum Gasteiger partial charge on any atom is -0.372 e. The van der Waals surface area contributed by atoms with Crippen molar-refractivity contribution >= 4 is 28.5 Å². The molecule has 0 amide bonds. The fourth-order valence-electron chi connectivity index (χ4n) is 3.54. The van der Waals surface area contributed by atoms with Crippen molar-refractivity contribution in [2.24, 2.45) is 7.05 Å². The summed E-state index contributed by atoms with van der Waals surface area (Å²) in [4.78, 5) is 11.8. The minimum absolute atomic E-state index is 0.149. The maximum atomic E-state index is 5.85. The predicted octanol–water partition coefficient (Wildman–Crippen LogP) is 3.34. The van der Waals surface area contributed by atoms with Crippen molar-refractivity contribution in [3.05, 3.63) is 35.5 Å². The molecule has 1 aliphatic rings. The number of nitrogens with one attached hydrogen (secondary N) is 1. The van der Waals surface area contributed by atoms with Gasteiger partial charge in [0, 0.05) is 25.8 Å². The lowest BCUT2D eigenvalue weighted by molar-refractivity contribution is -0.00569. The molecule has 1 aromatic carbocycles. The van der Waals surface area contributed by atoms with Gasteiger partial charge in [0.1, 0.15) is 5.82 Å². The second-order valence-electron chi connectivity index (χ2n) is 7.46. The molecule has 4 rings (SSSR count). The molecule has 2 atom stereocenters. The van der Waals surface area contributed by atoms with E-state index in [0.717, 1.165) is 35.6 Å². The van der Waals surface area contributed by atoms with E-state index in [1.807, 2.05) is 13.2 Å². The number of fused-ring (bicyclic) bond motifs is 1. The molecular weight excluding hydrogens is 340 g/mol. The number of hydrogen-bond donors (Lipinski definition) is 1. The molecule has 3 heterocycles. The zero-order valence-corrected chi connectivity index (χ0v) is 16.5. The summed E-state index contributed by atoms with van der Waals surface area (Å²) in [7, 11) is 1.91. The van der Waals surface area contributed by atoms with Crippen LogP contribution in [0.2, 0.25) is 0 Å². The zero-order chi connectivity index (χ0) is 19.1. The Labute approximate surface area is 159 Å². The summed E-state index contributed by atoms with van der Waals surface area (Å²) in [6, 6.07) is 6.33. The molecule has 3 aromatic rings. The molecule has 0 spiro atoms. The van der Waals surface area contributed by atoms with Gasteiger partial charge >= 0.3 is 0 Å². The quantitative estimate of drug-likeness (QED) is 0.767. The highest BCUT2D eigenvalue weighted by atomic mass is 16.5. The summed E-state index contributed by atoms with van der Waals surface area (Å²) >= 11 is 0. The maximum Gasteiger partial charge on any atom is 0.229 e. The van der Waals surface area contributed by atoms with Crippen molar-refractivity contribution in [2.75, 3.05) is 23.3 Å². The van der Waals surface area contributed by atoms with Crippen LogP contribution in [0.4, 0.5) is 17.5 Å². The van der Waals surface area contributed by atoms with Gasteiger partial charge in [-0.05, 0) is 51.0 Å². The van der Waals surface area contributed by atoms with Gasteiger partial charge < -0.3 is 15.0 Å². The number of aromatic nitrogens is 4. The Hall–Kier alpha value is -2.67. The summed E-state index contributed by atoms with van der Waals surface area (Å²) < 4.78 is 7.64. The number of rotatable bonds is 3. The van der Waals surface area contributed by atoms with E-state index in [1.54, 1.807) is 4.68 Å². The van der Waals surface area contributed by atoms with Gasteiger partial charge in [-0.15, -0.1) is 0 Å². The summed E-state index contributed by atoms with van der Waals surface area (Å²) in [5.41, 5.74) is 4.34. The van der Waals surface area contributed by atoms with Crippen molar-refractivity contribution in [2.45, 2.75) is 39.9 Å². The Morgan fingerprint density at radius 3 is 2.52 bits per heavy atom. The Morgan fingerprint density at radius 2 is 1.81 bits per heavy atom. The summed E-state index contributed by atoms with van der Waals surface area (Å²) in [6.07, 6.45) is 2.11. The van der Waals surface area contributed by atoms with Gasteiger partial charge in [-0.2, -0.15) is 15.1 Å². The van der Waals surface area contributed by atoms with E-state index in [0.29, 0.717) is 5.95 Å². The van der Waals surface area contributed by atoms with E-state index in [9.17, 15) is 0 Å². The lowest BCUT2D eigenvalue weighted by atomic mass is 10.1. The molecule has 1 fully saturated rings. The Morgan fingerprint density at radius 1 is 1.07 bits per heavy atom. The van der Waals surface area contributed by atoms with Crippen molar-refractivity contribution in [1.29, 1.82) is 0 Å². The largest absolute Gasteiger partial charge is 0.372 e. The molecule has 2 aromatic heterocycles. The molecule has 0 unspecified atom stereocenters. The second kappa shape index (κ2) is 6.81. The summed E-state index contributed by atoms with van der Waals surface area (Å²) in [5, 5.41) is 8.76. The number of benzene rings is 1. The van der Waals surface area contributed by atoms with E-state index in [-0.39, 0.29) is 12.2 Å². The van der Waals surface area contributed by atoms with E-state index in [2.05, 4.69) is 61.2 Å². The van der Waals surface area contributed by atoms with Gasteiger partial charge in [-0.3, -0.25) is 4.68 Å². The van der Waals surface area contributed by atoms with Crippen LogP contribution in [0.1, 0.15) is 25.0 Å². The first kappa shape index (κ1) is 17.7. The predicted molar refractivity (Wildman–Crippen MR) is 108 cm³/mol. The normalized spacial score (nSPS) is 20.3. The molecule has 0 radical (unpaired) electrons. The lowest BCUT2D eigenvalue weighted by Gasteiger charge is -2.35. The highest BCUT2D eigenvalue weighted by molar-refractivity contribution is 5.89. The highest BCUT2D eigenvalue weighted by Gasteiger charge is 2.25. The van der Waals surface area contributed by atoms with Gasteiger partial charge in [0.15, 0.2) is 5.65 Å². The number of anilines is 3. The van der Waals surface area contributed by atoms with Crippen LogP contribution in [0.15, 0.2) is 24.4 Å². The minimum atomic E-state index is 0.149. The van der Waals surface area contributed by atoms with Gasteiger partial charge in [-0.25, -0.2) is 0 Å². The van der Waals surface area contributed by atoms with Crippen LogP contribution in [-0.2, 0) is 11.8 Å². The molecule has 7 heteroatoms. The zero-order valence-electron chi connectivity index (χ0n) is 16.5. The van der Waals surface area contributed by atoms with E-state index in [4.69, 9.17) is 14.7 Å². The molecular formula is C20H26N6O. The molecule has 0 saturated carbocycles. The molecule has 1 saturated heterocycles. The number of morpholine rings is 1. The average molecular weight is 366 g/mol. The monoisotopic (exact) mass is 366 g/mol. The fourth-order valence-corrected chi connectivity index (χ4v) is 3.54. The third-order valence-corrected chi connectivity index (χ3v) is 5.05. The van der Waals surface area contributed by atoms with Crippen molar-refractivity contribution in [1.82, 2.24) is 19.7 Å². The van der Waals surface area contributed by atoms with Gasteiger partial charge in [0.25, 0.3) is 0 Å². The Kier molecular flexibility index (Phi) is 4.47. The number of aryl methyl sites for hydroxylation is 3. The van der Waals surface area contributed by atoms with Crippen LogP contribution in [0.3, 0.4) is 0 Å². The van der Waals surface area contributed by atoms with Crippen molar-refractivity contribution in [3.63, 3.8) is 0 Å². The summed E-state index contributed by atoms with van der Waals surface area (Å²) in [6.45, 7) is 9.94. The standard InChI is InChI=1S/C20H26N6O/c1-12-6-7-16(8-13(12)2)22-18-17-9-21-25(5)19(17)24-20(23-18)26-10-14(3)27-15(4)11-26/h6-9,14-15H,10-11H2,1-5H3,(H,22,23,24)/t14-,15+. The van der Waals surface area contributed by atoms with Crippen LogP contribution in [0.25, 0.3) is 11.0 Å². The number of hydrogen-bond acceptors (Lipinski definition) is 6. The second-order valence-corrected chi connectivity index (χ2v) is 7.46. The maximum absolute atomic E-state index is 5.85. The fraction of sp³-hybridized carbons (Fsp3) is 0.450. The molecule has 1 aliphatic heterocycles. The third kappa shape index (κ3) is 3.47. The van der Waals surface area contributed by atoms with Crippen molar-refractivity contribution < 1.29 is 4.74 Å². The highest BCUT2D eigenvalue weighted by Crippen LogP contribution is 2.28. The van der Waals surface area contributed by atoms with Crippen LogP contribution in [-0.4, -0.2) is 45.0 Å². The number of nitrogens with zero attached hydrogens (tertiary/aromatic N) is 5. The third-order valence-electron chi connectivity index (χ3n) is 5.05. The summed E-state index contributed by atoms with van der Waals surface area (Å²) in [5.74, 6) is 1.48. The molecule has 142 valence electrons. The first-order chi connectivity index (χ1) is 12.9. The topological polar surface area (TPSA) is 68.1 Å². The first-order valence-corrected chi connectivity index (χ1v) is 9.35. The molecule has 7 nitrogen and oxygen atoms in total. The van der Waals surface area contributed by atoms with Gasteiger partial charge in [0.05, 0.1) is 23.8 Å². The molecule has 0 bridgehead atoms. The van der Waals surface area contributed by atoms with Crippen molar-refractivity contribution in [3.8, 4) is 0 Å². The SMILES string of the molecule is Cc1ccc(Nc2nc(N3C[C@@H](C)O[C@@H](C)C3)nc3c2cnn3C)cc1C. The first-order valence-electron chi connectivity index (χ1n) is 9.35. The van der Waals surface area contributed by atoms with E-state index in [1.165, 1.54) is 11.1 Å². The van der Waals surface area contributed by atoms with Crippen LogP contribution >= 0.6 is 0 Å². The molecule has 27 heavy (non-hydrogen) atoms. The van der Waals surface area contributed by atoms with Crippen LogP contribution in [0, 0.1) is 13.8 Å². The Balaban J connectivity index is 1.76. The molecule has 1 N–H and O–H groups in total.